The van der Waals surface area contributed by atoms with Gasteiger partial charge in [-0.2, -0.15) is 0 Å². The van der Waals surface area contributed by atoms with Crippen LogP contribution in [-0.4, -0.2) is 44.2 Å². The summed E-state index contributed by atoms with van der Waals surface area (Å²) in [7, 11) is -1.38. The van der Waals surface area contributed by atoms with Gasteiger partial charge in [0.05, 0.1) is 5.75 Å². The Bertz CT molecular complexity index is 324. The second kappa shape index (κ2) is 7.46. The van der Waals surface area contributed by atoms with Gasteiger partial charge in [-0.05, 0) is 39.2 Å². The van der Waals surface area contributed by atoms with Crippen LogP contribution in [0.4, 0.5) is 0 Å². The number of sulfonamides is 1. The van der Waals surface area contributed by atoms with Crippen molar-refractivity contribution in [1.29, 1.82) is 0 Å². The summed E-state index contributed by atoms with van der Waals surface area (Å²) in [4.78, 5) is 0. The first kappa shape index (κ1) is 15.9. The van der Waals surface area contributed by atoms with Crippen molar-refractivity contribution in [2.45, 2.75) is 64.5 Å². The standard InChI is InChI=1S/C13H28N2O2S/c1-4-7-12(2)15(3)18(16,17)11-9-13-8-5-6-10-14-13/h12-14H,4-11H2,1-3H3. The molecule has 0 radical (unpaired) electrons. The fourth-order valence-corrected chi connectivity index (χ4v) is 4.00. The van der Waals surface area contributed by atoms with Crippen molar-refractivity contribution in [3.63, 3.8) is 0 Å². The second-order valence-corrected chi connectivity index (χ2v) is 7.55. The molecule has 1 saturated heterocycles. The molecule has 0 aliphatic carbocycles. The molecule has 2 unspecified atom stereocenters. The molecular weight excluding hydrogens is 248 g/mol. The molecular formula is C13H28N2O2S. The topological polar surface area (TPSA) is 49.4 Å². The number of piperidine rings is 1. The number of hydrogen-bond donors (Lipinski definition) is 1. The van der Waals surface area contributed by atoms with Crippen molar-refractivity contribution < 1.29 is 8.42 Å². The van der Waals surface area contributed by atoms with Crippen LogP contribution in [0.2, 0.25) is 0 Å². The van der Waals surface area contributed by atoms with Gasteiger partial charge >= 0.3 is 0 Å². The zero-order chi connectivity index (χ0) is 13.6. The van der Waals surface area contributed by atoms with Crippen LogP contribution in [-0.2, 0) is 10.0 Å². The summed E-state index contributed by atoms with van der Waals surface area (Å²) in [5, 5.41) is 3.40. The molecule has 0 aromatic heterocycles. The second-order valence-electron chi connectivity index (χ2n) is 5.41. The molecule has 1 rings (SSSR count). The number of hydrogen-bond acceptors (Lipinski definition) is 3. The molecule has 0 aromatic rings. The van der Waals surface area contributed by atoms with Gasteiger partial charge in [0, 0.05) is 19.1 Å². The fraction of sp³-hybridized carbons (Fsp3) is 1.00. The first-order chi connectivity index (χ1) is 8.47. The van der Waals surface area contributed by atoms with Crippen LogP contribution >= 0.6 is 0 Å². The number of nitrogens with one attached hydrogen (secondary N) is 1. The van der Waals surface area contributed by atoms with Gasteiger partial charge in [0.2, 0.25) is 10.0 Å². The zero-order valence-electron chi connectivity index (χ0n) is 12.0. The molecule has 1 fully saturated rings. The van der Waals surface area contributed by atoms with Crippen LogP contribution in [0.15, 0.2) is 0 Å². The Morgan fingerprint density at radius 3 is 2.67 bits per heavy atom. The largest absolute Gasteiger partial charge is 0.314 e. The Morgan fingerprint density at radius 1 is 1.39 bits per heavy atom. The van der Waals surface area contributed by atoms with Crippen molar-refractivity contribution in [3.05, 3.63) is 0 Å². The maximum Gasteiger partial charge on any atom is 0.214 e. The van der Waals surface area contributed by atoms with Crippen molar-refractivity contribution in [2.75, 3.05) is 19.3 Å². The molecule has 0 aromatic carbocycles. The third kappa shape index (κ3) is 4.86. The molecule has 0 bridgehead atoms. The molecule has 108 valence electrons. The van der Waals surface area contributed by atoms with E-state index < -0.39 is 10.0 Å². The highest BCUT2D eigenvalue weighted by molar-refractivity contribution is 7.89. The van der Waals surface area contributed by atoms with Gasteiger partial charge in [-0.3, -0.25) is 0 Å². The Labute approximate surface area is 112 Å². The van der Waals surface area contributed by atoms with Gasteiger partial charge in [-0.15, -0.1) is 0 Å². The predicted molar refractivity (Wildman–Crippen MR) is 76.2 cm³/mol. The normalized spacial score (nSPS) is 23.2. The molecule has 18 heavy (non-hydrogen) atoms. The first-order valence-corrected chi connectivity index (χ1v) is 8.77. The highest BCUT2D eigenvalue weighted by Gasteiger charge is 2.24. The van der Waals surface area contributed by atoms with E-state index in [1.54, 1.807) is 11.4 Å². The van der Waals surface area contributed by atoms with Gasteiger partial charge in [0.1, 0.15) is 0 Å². The van der Waals surface area contributed by atoms with Crippen LogP contribution in [0.5, 0.6) is 0 Å². The van der Waals surface area contributed by atoms with E-state index >= 15 is 0 Å². The van der Waals surface area contributed by atoms with Crippen molar-refractivity contribution in [3.8, 4) is 0 Å². The molecule has 0 saturated carbocycles. The predicted octanol–water partition coefficient (Wildman–Crippen LogP) is 1.97. The summed E-state index contributed by atoms with van der Waals surface area (Å²) in [5.41, 5.74) is 0. The fourth-order valence-electron chi connectivity index (χ4n) is 2.48. The average molecular weight is 276 g/mol. The van der Waals surface area contributed by atoms with Gasteiger partial charge in [-0.25, -0.2) is 12.7 Å². The Morgan fingerprint density at radius 2 is 2.11 bits per heavy atom. The molecule has 1 N–H and O–H groups in total. The van der Waals surface area contributed by atoms with E-state index in [1.165, 1.54) is 12.8 Å². The Kier molecular flexibility index (Phi) is 6.60. The SMILES string of the molecule is CCCC(C)N(C)S(=O)(=O)CCC1CCCCN1. The lowest BCUT2D eigenvalue weighted by Crippen LogP contribution is -2.40. The van der Waals surface area contributed by atoms with Crippen LogP contribution in [0.25, 0.3) is 0 Å². The van der Waals surface area contributed by atoms with Gasteiger partial charge < -0.3 is 5.32 Å². The minimum Gasteiger partial charge on any atom is -0.314 e. The highest BCUT2D eigenvalue weighted by Crippen LogP contribution is 2.14. The summed E-state index contributed by atoms with van der Waals surface area (Å²) in [6.07, 6.45) is 6.24. The molecule has 2 atom stereocenters. The summed E-state index contributed by atoms with van der Waals surface area (Å²) in [6.45, 7) is 5.11. The summed E-state index contributed by atoms with van der Waals surface area (Å²) in [6, 6.07) is 0.503. The van der Waals surface area contributed by atoms with Crippen LogP contribution in [0.3, 0.4) is 0 Å². The molecule has 4 nitrogen and oxygen atoms in total. The lowest BCUT2D eigenvalue weighted by atomic mass is 10.0. The lowest BCUT2D eigenvalue weighted by Gasteiger charge is -2.27. The van der Waals surface area contributed by atoms with E-state index in [2.05, 4.69) is 12.2 Å². The van der Waals surface area contributed by atoms with Gasteiger partial charge in [-0.1, -0.05) is 19.8 Å². The Balaban J connectivity index is 2.42. The van der Waals surface area contributed by atoms with E-state index in [-0.39, 0.29) is 11.8 Å². The molecule has 1 heterocycles. The monoisotopic (exact) mass is 276 g/mol. The first-order valence-electron chi connectivity index (χ1n) is 7.16. The summed E-state index contributed by atoms with van der Waals surface area (Å²) in [5.74, 6) is 0.273. The number of nitrogens with zero attached hydrogens (tertiary/aromatic N) is 1. The smallest absolute Gasteiger partial charge is 0.214 e. The van der Waals surface area contributed by atoms with Crippen molar-refractivity contribution in [2.24, 2.45) is 0 Å². The summed E-state index contributed by atoms with van der Waals surface area (Å²) >= 11 is 0. The van der Waals surface area contributed by atoms with Crippen LogP contribution in [0.1, 0.15) is 52.4 Å². The van der Waals surface area contributed by atoms with Gasteiger partial charge in [0.25, 0.3) is 0 Å². The quantitative estimate of drug-likeness (QED) is 0.773. The lowest BCUT2D eigenvalue weighted by molar-refractivity contribution is 0.360. The minimum atomic E-state index is -3.09. The van der Waals surface area contributed by atoms with Crippen molar-refractivity contribution >= 4 is 10.0 Å². The number of rotatable bonds is 7. The van der Waals surface area contributed by atoms with Crippen LogP contribution < -0.4 is 5.32 Å². The maximum atomic E-state index is 12.2. The molecule has 1 aliphatic rings. The maximum absolute atomic E-state index is 12.2. The van der Waals surface area contributed by atoms with Gasteiger partial charge in [0.15, 0.2) is 0 Å². The Hall–Kier alpha value is -0.130. The van der Waals surface area contributed by atoms with E-state index in [0.717, 1.165) is 32.2 Å². The molecule has 0 amide bonds. The zero-order valence-corrected chi connectivity index (χ0v) is 12.8. The van der Waals surface area contributed by atoms with E-state index in [1.807, 2.05) is 6.92 Å². The molecule has 5 heteroatoms. The average Bonchev–Trinajstić information content (AvgIpc) is 2.37. The highest BCUT2D eigenvalue weighted by atomic mass is 32.2. The molecule has 0 spiro atoms. The van der Waals surface area contributed by atoms with Crippen molar-refractivity contribution in [1.82, 2.24) is 9.62 Å². The van der Waals surface area contributed by atoms with E-state index in [4.69, 9.17) is 0 Å². The van der Waals surface area contributed by atoms with Crippen LogP contribution in [0, 0.1) is 0 Å². The minimum absolute atomic E-state index is 0.110. The third-order valence-electron chi connectivity index (χ3n) is 3.90. The summed E-state index contributed by atoms with van der Waals surface area (Å²) < 4.78 is 25.9. The van der Waals surface area contributed by atoms with E-state index in [0.29, 0.717) is 6.04 Å². The third-order valence-corrected chi connectivity index (χ3v) is 5.89. The molecule has 1 aliphatic heterocycles. The van der Waals surface area contributed by atoms with E-state index in [9.17, 15) is 8.42 Å².